The first-order valence-electron chi connectivity index (χ1n) is 21.6. The Morgan fingerprint density at radius 1 is 0.556 bits per heavy atom. The number of aliphatic hydroxyl groups is 2. The first kappa shape index (κ1) is 50.8. The quantitative estimate of drug-likeness (QED) is 0.0337. The number of hydrogen-bond acceptors (Lipinski definition) is 5. The smallest absolute Gasteiger partial charge is 0.306 e. The van der Waals surface area contributed by atoms with Crippen LogP contribution in [-0.4, -0.2) is 46.9 Å². The average Bonchev–Trinajstić information content (AvgIpc) is 3.16. The Morgan fingerprint density at radius 2 is 1.00 bits per heavy atom. The fourth-order valence-electron chi connectivity index (χ4n) is 5.87. The summed E-state index contributed by atoms with van der Waals surface area (Å²) in [6, 6.07) is -0.731. The summed E-state index contributed by atoms with van der Waals surface area (Å²) in [5, 5.41) is 23.6. The first-order chi connectivity index (χ1) is 26.5. The molecule has 6 heteroatoms. The second-order valence-corrected chi connectivity index (χ2v) is 14.2. The minimum atomic E-state index is -0.812. The van der Waals surface area contributed by atoms with E-state index in [9.17, 15) is 19.8 Å². The Labute approximate surface area is 331 Å². The summed E-state index contributed by atoms with van der Waals surface area (Å²) < 4.78 is 5.83. The van der Waals surface area contributed by atoms with Crippen molar-refractivity contribution < 1.29 is 24.5 Å². The summed E-state index contributed by atoms with van der Waals surface area (Å²) in [7, 11) is 0. The molecule has 3 unspecified atom stereocenters. The number of hydrogen-bond donors (Lipinski definition) is 3. The second kappa shape index (κ2) is 41.0. The summed E-state index contributed by atoms with van der Waals surface area (Å²) in [5.74, 6) is -0.612. The molecule has 0 saturated carbocycles. The van der Waals surface area contributed by atoms with Crippen LogP contribution < -0.4 is 5.32 Å². The molecule has 0 heterocycles. The van der Waals surface area contributed by atoms with E-state index in [2.05, 4.69) is 50.4 Å². The molecule has 54 heavy (non-hydrogen) atoms. The van der Waals surface area contributed by atoms with E-state index in [1.54, 1.807) is 0 Å². The SMILES string of the molecule is CC/C=C/C=C/C=C\C=C/C=C/CCCC(=O)OC(CCCCC\C=C/C=C/C=C/CC)CC(=O)NC(CO)C(O)CCCCCCCCCCCCC. The molecule has 0 aromatic heterocycles. The van der Waals surface area contributed by atoms with Gasteiger partial charge in [0.15, 0.2) is 0 Å². The van der Waals surface area contributed by atoms with Gasteiger partial charge >= 0.3 is 5.97 Å². The summed E-state index contributed by atoms with van der Waals surface area (Å²) in [6.07, 6.45) is 53.3. The zero-order valence-electron chi connectivity index (χ0n) is 34.6. The molecule has 0 aromatic rings. The number of aliphatic hydroxyl groups excluding tert-OH is 2. The number of esters is 1. The fourth-order valence-corrected chi connectivity index (χ4v) is 5.87. The number of ether oxygens (including phenoxy) is 1. The lowest BCUT2D eigenvalue weighted by molar-refractivity contribution is -0.151. The molecule has 0 spiro atoms. The van der Waals surface area contributed by atoms with Gasteiger partial charge < -0.3 is 20.3 Å². The molecule has 0 radical (unpaired) electrons. The Kier molecular flexibility index (Phi) is 38.5. The maximum absolute atomic E-state index is 13.1. The Bertz CT molecular complexity index is 1110. The van der Waals surface area contributed by atoms with Crippen molar-refractivity contribution in [3.8, 4) is 0 Å². The van der Waals surface area contributed by atoms with E-state index in [1.165, 1.54) is 51.4 Å². The predicted octanol–water partition coefficient (Wildman–Crippen LogP) is 12.2. The van der Waals surface area contributed by atoms with Crippen molar-refractivity contribution in [3.05, 3.63) is 97.2 Å². The van der Waals surface area contributed by atoms with Gasteiger partial charge in [0.25, 0.3) is 0 Å². The van der Waals surface area contributed by atoms with Crippen LogP contribution in [0.5, 0.6) is 0 Å². The molecule has 306 valence electrons. The lowest BCUT2D eigenvalue weighted by atomic mass is 10.0. The first-order valence-corrected chi connectivity index (χ1v) is 21.6. The molecule has 0 aliphatic carbocycles. The van der Waals surface area contributed by atoms with E-state index in [0.717, 1.165) is 64.2 Å². The summed E-state index contributed by atoms with van der Waals surface area (Å²) in [5.41, 5.74) is 0. The predicted molar refractivity (Wildman–Crippen MR) is 231 cm³/mol. The fraction of sp³-hybridized carbons (Fsp3) is 0.625. The largest absolute Gasteiger partial charge is 0.462 e. The van der Waals surface area contributed by atoms with Gasteiger partial charge in [-0.2, -0.15) is 0 Å². The van der Waals surface area contributed by atoms with Gasteiger partial charge in [0.1, 0.15) is 6.10 Å². The van der Waals surface area contributed by atoms with Crippen LogP contribution >= 0.6 is 0 Å². The molecular weight excluding hydrogens is 671 g/mol. The van der Waals surface area contributed by atoms with Gasteiger partial charge in [0.05, 0.1) is 25.2 Å². The summed E-state index contributed by atoms with van der Waals surface area (Å²) >= 11 is 0. The van der Waals surface area contributed by atoms with Gasteiger partial charge in [-0.15, -0.1) is 0 Å². The topological polar surface area (TPSA) is 95.9 Å². The van der Waals surface area contributed by atoms with Crippen LogP contribution in [0.4, 0.5) is 0 Å². The van der Waals surface area contributed by atoms with E-state index in [0.29, 0.717) is 19.3 Å². The van der Waals surface area contributed by atoms with Crippen molar-refractivity contribution in [1.29, 1.82) is 0 Å². The number of carbonyl (C=O) groups excluding carboxylic acids is 2. The molecule has 0 fully saturated rings. The lowest BCUT2D eigenvalue weighted by Gasteiger charge is -2.24. The third-order valence-electron chi connectivity index (χ3n) is 9.10. The van der Waals surface area contributed by atoms with E-state index in [4.69, 9.17) is 4.74 Å². The van der Waals surface area contributed by atoms with E-state index in [1.807, 2.05) is 72.9 Å². The highest BCUT2D eigenvalue weighted by molar-refractivity contribution is 5.77. The maximum atomic E-state index is 13.1. The van der Waals surface area contributed by atoms with Gasteiger partial charge in [0, 0.05) is 6.42 Å². The lowest BCUT2D eigenvalue weighted by Crippen LogP contribution is -2.46. The maximum Gasteiger partial charge on any atom is 0.306 e. The third-order valence-corrected chi connectivity index (χ3v) is 9.10. The number of unbranched alkanes of at least 4 members (excludes halogenated alkanes) is 14. The van der Waals surface area contributed by atoms with Crippen LogP contribution in [-0.2, 0) is 14.3 Å². The Morgan fingerprint density at radius 3 is 1.52 bits per heavy atom. The molecule has 3 atom stereocenters. The van der Waals surface area contributed by atoms with Gasteiger partial charge in [-0.05, 0) is 57.8 Å². The van der Waals surface area contributed by atoms with Crippen LogP contribution in [0, 0.1) is 0 Å². The zero-order valence-corrected chi connectivity index (χ0v) is 34.6. The van der Waals surface area contributed by atoms with Gasteiger partial charge in [-0.25, -0.2) is 0 Å². The minimum Gasteiger partial charge on any atom is -0.462 e. The summed E-state index contributed by atoms with van der Waals surface area (Å²) in [4.78, 5) is 25.9. The van der Waals surface area contributed by atoms with Crippen molar-refractivity contribution in [1.82, 2.24) is 5.32 Å². The third kappa shape index (κ3) is 35.8. The minimum absolute atomic E-state index is 0.0195. The number of rotatable bonds is 36. The number of nitrogens with one attached hydrogen (secondary N) is 1. The molecule has 0 aliphatic rings. The highest BCUT2D eigenvalue weighted by Crippen LogP contribution is 2.16. The molecule has 0 aliphatic heterocycles. The van der Waals surface area contributed by atoms with Crippen LogP contribution in [0.1, 0.15) is 168 Å². The van der Waals surface area contributed by atoms with Crippen molar-refractivity contribution in [2.24, 2.45) is 0 Å². The molecule has 0 aromatic carbocycles. The molecule has 6 nitrogen and oxygen atoms in total. The van der Waals surface area contributed by atoms with Crippen molar-refractivity contribution >= 4 is 11.9 Å². The van der Waals surface area contributed by atoms with E-state index >= 15 is 0 Å². The van der Waals surface area contributed by atoms with Crippen LogP contribution in [0.25, 0.3) is 0 Å². The van der Waals surface area contributed by atoms with Gasteiger partial charge in [0.2, 0.25) is 5.91 Å². The highest BCUT2D eigenvalue weighted by Gasteiger charge is 2.24. The van der Waals surface area contributed by atoms with Gasteiger partial charge in [-0.3, -0.25) is 9.59 Å². The van der Waals surface area contributed by atoms with Crippen LogP contribution in [0.3, 0.4) is 0 Å². The number of carbonyl (C=O) groups is 2. The molecule has 0 bridgehead atoms. The monoisotopic (exact) mass is 750 g/mol. The molecule has 3 N–H and O–H groups in total. The highest BCUT2D eigenvalue weighted by atomic mass is 16.5. The number of allylic oxidation sites excluding steroid dienone is 16. The Balaban J connectivity index is 4.79. The van der Waals surface area contributed by atoms with Crippen molar-refractivity contribution in [2.45, 2.75) is 187 Å². The van der Waals surface area contributed by atoms with E-state index < -0.39 is 18.2 Å². The van der Waals surface area contributed by atoms with Crippen LogP contribution in [0.15, 0.2) is 97.2 Å². The molecule has 0 rings (SSSR count). The Hall–Kier alpha value is -3.22. The van der Waals surface area contributed by atoms with Crippen molar-refractivity contribution in [2.75, 3.05) is 6.61 Å². The zero-order chi connectivity index (χ0) is 39.6. The normalized spacial score (nSPS) is 14.4. The average molecular weight is 750 g/mol. The van der Waals surface area contributed by atoms with E-state index in [-0.39, 0.29) is 31.3 Å². The number of amides is 1. The molecular formula is C48H79NO5. The van der Waals surface area contributed by atoms with Crippen molar-refractivity contribution in [3.63, 3.8) is 0 Å². The molecule has 0 saturated heterocycles. The second-order valence-electron chi connectivity index (χ2n) is 14.2. The van der Waals surface area contributed by atoms with Crippen LogP contribution in [0.2, 0.25) is 0 Å². The summed E-state index contributed by atoms with van der Waals surface area (Å²) in [6.45, 7) is 6.13. The molecule has 1 amide bonds. The standard InChI is InChI=1S/C48H79NO5/c1-4-7-10-13-16-19-22-23-26-29-32-35-38-41-48(53)54-44(39-36-33-30-27-24-20-17-14-11-8-5-2)42-47(52)49-45(43-50)46(51)40-37-34-31-28-25-21-18-15-12-9-6-3/h7-8,10-11,13-14,16-17,19-20,22-24,26,29,32,44-46,50-51H,4-6,9,12,15,18,21,25,27-28,30-31,33-43H2,1-3H3,(H,49,52)/b10-7+,11-8+,16-13+,17-14+,22-19-,24-20-,26-23-,32-29+. The van der Waals surface area contributed by atoms with Gasteiger partial charge in [-0.1, -0.05) is 195 Å².